The molecular weight excluding hydrogens is 324 g/mol. The molecule has 5 nitrogen and oxygen atoms in total. The van der Waals surface area contributed by atoms with Gasteiger partial charge in [0.2, 0.25) is 15.9 Å². The third kappa shape index (κ3) is 4.71. The number of amides is 1. The second-order valence-corrected chi connectivity index (χ2v) is 8.21. The van der Waals surface area contributed by atoms with Gasteiger partial charge >= 0.3 is 0 Å². The highest BCUT2D eigenvalue weighted by molar-refractivity contribution is 7.92. The van der Waals surface area contributed by atoms with Crippen LogP contribution in [0.2, 0.25) is 0 Å². The van der Waals surface area contributed by atoms with Gasteiger partial charge in [-0.25, -0.2) is 8.42 Å². The highest BCUT2D eigenvalue weighted by atomic mass is 32.2. The molecule has 0 radical (unpaired) electrons. The average Bonchev–Trinajstić information content (AvgIpc) is 2.51. The fourth-order valence-electron chi connectivity index (χ4n) is 2.49. The van der Waals surface area contributed by atoms with E-state index in [9.17, 15) is 13.2 Å². The Labute approximate surface area is 143 Å². The van der Waals surface area contributed by atoms with Crippen LogP contribution in [-0.2, 0) is 14.8 Å². The minimum atomic E-state index is -3.57. The molecule has 1 N–H and O–H groups in total. The summed E-state index contributed by atoms with van der Waals surface area (Å²) in [6.45, 7) is 4.48. The zero-order chi connectivity index (χ0) is 17.7. The Morgan fingerprint density at radius 3 is 2.46 bits per heavy atom. The lowest BCUT2D eigenvalue weighted by molar-refractivity contribution is -0.119. The molecule has 0 heterocycles. The van der Waals surface area contributed by atoms with Crippen LogP contribution < -0.4 is 9.62 Å². The molecule has 24 heavy (non-hydrogen) atoms. The van der Waals surface area contributed by atoms with E-state index in [-0.39, 0.29) is 12.5 Å². The number of hydrogen-bond acceptors (Lipinski definition) is 3. The van der Waals surface area contributed by atoms with Crippen molar-refractivity contribution in [2.75, 3.05) is 23.7 Å². The standard InChI is InChI=1S/C18H24N2O3S/c1-14(2)11-12-19-18(21)13-20(24(3,22)23)17-10-6-8-15-7-4-5-9-16(15)17/h4-10,14H,11-13H2,1-3H3,(H,19,21). The Morgan fingerprint density at radius 1 is 1.12 bits per heavy atom. The third-order valence-electron chi connectivity index (χ3n) is 3.77. The van der Waals surface area contributed by atoms with E-state index in [4.69, 9.17) is 0 Å². The SMILES string of the molecule is CC(C)CCNC(=O)CN(c1cccc2ccccc12)S(C)(=O)=O. The van der Waals surface area contributed by atoms with Crippen molar-refractivity contribution in [3.8, 4) is 0 Å². The van der Waals surface area contributed by atoms with Crippen LogP contribution in [0.3, 0.4) is 0 Å². The summed E-state index contributed by atoms with van der Waals surface area (Å²) in [5.74, 6) is 0.184. The molecular formula is C18H24N2O3S. The van der Waals surface area contributed by atoms with Crippen molar-refractivity contribution >= 4 is 32.4 Å². The molecule has 0 aliphatic carbocycles. The topological polar surface area (TPSA) is 66.5 Å². The van der Waals surface area contributed by atoms with Crippen LogP contribution in [0.5, 0.6) is 0 Å². The van der Waals surface area contributed by atoms with Crippen molar-refractivity contribution in [2.45, 2.75) is 20.3 Å². The smallest absolute Gasteiger partial charge is 0.240 e. The minimum Gasteiger partial charge on any atom is -0.355 e. The third-order valence-corrected chi connectivity index (χ3v) is 4.89. The first kappa shape index (κ1) is 18.3. The Morgan fingerprint density at radius 2 is 1.79 bits per heavy atom. The summed E-state index contributed by atoms with van der Waals surface area (Å²) in [6, 6.07) is 13.0. The van der Waals surface area contributed by atoms with Gasteiger partial charge in [0.05, 0.1) is 11.9 Å². The molecule has 130 valence electrons. The molecule has 0 aromatic heterocycles. The van der Waals surface area contributed by atoms with Gasteiger partial charge in [-0.05, 0) is 23.8 Å². The van der Waals surface area contributed by atoms with E-state index in [1.807, 2.05) is 30.3 Å². The second-order valence-electron chi connectivity index (χ2n) is 6.30. The largest absolute Gasteiger partial charge is 0.355 e. The Balaban J connectivity index is 2.28. The molecule has 1 amide bonds. The molecule has 0 fully saturated rings. The normalized spacial score (nSPS) is 11.7. The highest BCUT2D eigenvalue weighted by Crippen LogP contribution is 2.28. The zero-order valence-electron chi connectivity index (χ0n) is 14.3. The molecule has 0 unspecified atom stereocenters. The summed E-state index contributed by atoms with van der Waals surface area (Å²) >= 11 is 0. The molecule has 0 bridgehead atoms. The highest BCUT2D eigenvalue weighted by Gasteiger charge is 2.22. The lowest BCUT2D eigenvalue weighted by Gasteiger charge is -2.23. The maximum atomic E-state index is 12.2. The van der Waals surface area contributed by atoms with Crippen molar-refractivity contribution in [1.82, 2.24) is 5.32 Å². The maximum absolute atomic E-state index is 12.2. The molecule has 2 aromatic rings. The van der Waals surface area contributed by atoms with Crippen molar-refractivity contribution in [3.63, 3.8) is 0 Å². The number of hydrogen-bond donors (Lipinski definition) is 1. The first-order valence-electron chi connectivity index (χ1n) is 8.01. The fraction of sp³-hybridized carbons (Fsp3) is 0.389. The average molecular weight is 348 g/mol. The first-order chi connectivity index (χ1) is 11.3. The van der Waals surface area contributed by atoms with E-state index in [0.717, 1.165) is 23.4 Å². The molecule has 0 saturated heterocycles. The van der Waals surface area contributed by atoms with E-state index in [2.05, 4.69) is 19.2 Å². The summed E-state index contributed by atoms with van der Waals surface area (Å²) in [5, 5.41) is 4.53. The lowest BCUT2D eigenvalue weighted by Crippen LogP contribution is -2.40. The van der Waals surface area contributed by atoms with Crippen LogP contribution in [0.4, 0.5) is 5.69 Å². The molecule has 2 rings (SSSR count). The van der Waals surface area contributed by atoms with Crippen molar-refractivity contribution < 1.29 is 13.2 Å². The van der Waals surface area contributed by atoms with Crippen molar-refractivity contribution in [3.05, 3.63) is 42.5 Å². The molecule has 6 heteroatoms. The number of anilines is 1. The van der Waals surface area contributed by atoms with E-state index >= 15 is 0 Å². The predicted octanol–water partition coefficient (Wildman–Crippen LogP) is 2.77. The number of benzene rings is 2. The summed E-state index contributed by atoms with van der Waals surface area (Å²) in [4.78, 5) is 12.2. The van der Waals surface area contributed by atoms with E-state index in [1.165, 1.54) is 4.31 Å². The summed E-state index contributed by atoms with van der Waals surface area (Å²) in [6.07, 6.45) is 1.98. The van der Waals surface area contributed by atoms with Gasteiger partial charge < -0.3 is 5.32 Å². The summed E-state index contributed by atoms with van der Waals surface area (Å²) in [7, 11) is -3.57. The summed E-state index contributed by atoms with van der Waals surface area (Å²) < 4.78 is 25.6. The van der Waals surface area contributed by atoms with Gasteiger partial charge in [0.1, 0.15) is 6.54 Å². The molecule has 0 atom stereocenters. The van der Waals surface area contributed by atoms with Crippen LogP contribution in [0.25, 0.3) is 10.8 Å². The number of nitrogens with one attached hydrogen (secondary N) is 1. The van der Waals surface area contributed by atoms with E-state index in [1.54, 1.807) is 12.1 Å². The monoisotopic (exact) mass is 348 g/mol. The number of rotatable bonds is 7. The van der Waals surface area contributed by atoms with Gasteiger partial charge in [0.25, 0.3) is 0 Å². The van der Waals surface area contributed by atoms with Crippen LogP contribution >= 0.6 is 0 Å². The molecule has 2 aromatic carbocycles. The number of carbonyl (C=O) groups is 1. The number of sulfonamides is 1. The van der Waals surface area contributed by atoms with Gasteiger partial charge in [-0.15, -0.1) is 0 Å². The number of nitrogens with zero attached hydrogens (tertiary/aromatic N) is 1. The van der Waals surface area contributed by atoms with Gasteiger partial charge in [0.15, 0.2) is 0 Å². The van der Waals surface area contributed by atoms with Gasteiger partial charge in [-0.2, -0.15) is 0 Å². The van der Waals surface area contributed by atoms with Gasteiger partial charge in [0, 0.05) is 11.9 Å². The Kier molecular flexibility index (Phi) is 5.83. The van der Waals surface area contributed by atoms with E-state index < -0.39 is 10.0 Å². The van der Waals surface area contributed by atoms with Crippen LogP contribution in [-0.4, -0.2) is 33.7 Å². The van der Waals surface area contributed by atoms with Crippen molar-refractivity contribution in [2.24, 2.45) is 5.92 Å². The number of fused-ring (bicyclic) bond motifs is 1. The molecule has 0 saturated carbocycles. The molecule has 0 aliphatic heterocycles. The van der Waals surface area contributed by atoms with Crippen LogP contribution in [0.1, 0.15) is 20.3 Å². The molecule has 0 spiro atoms. The predicted molar refractivity (Wildman–Crippen MR) is 98.6 cm³/mol. The molecule has 0 aliphatic rings. The fourth-order valence-corrected chi connectivity index (χ4v) is 3.36. The number of carbonyl (C=O) groups excluding carboxylic acids is 1. The Hall–Kier alpha value is -2.08. The minimum absolute atomic E-state index is 0.217. The van der Waals surface area contributed by atoms with Crippen LogP contribution in [0.15, 0.2) is 42.5 Å². The van der Waals surface area contributed by atoms with Gasteiger partial charge in [-0.1, -0.05) is 50.2 Å². The van der Waals surface area contributed by atoms with Crippen LogP contribution in [0, 0.1) is 5.92 Å². The Bertz CT molecular complexity index is 811. The van der Waals surface area contributed by atoms with Gasteiger partial charge in [-0.3, -0.25) is 9.10 Å². The lowest BCUT2D eigenvalue weighted by atomic mass is 10.1. The van der Waals surface area contributed by atoms with Crippen molar-refractivity contribution in [1.29, 1.82) is 0 Å². The quantitative estimate of drug-likeness (QED) is 0.837. The van der Waals surface area contributed by atoms with E-state index in [0.29, 0.717) is 18.2 Å². The maximum Gasteiger partial charge on any atom is 0.240 e. The first-order valence-corrected chi connectivity index (χ1v) is 9.86. The summed E-state index contributed by atoms with van der Waals surface area (Å²) in [5.41, 5.74) is 0.523. The second kappa shape index (κ2) is 7.66. The zero-order valence-corrected chi connectivity index (χ0v) is 15.1.